The van der Waals surface area contributed by atoms with Crippen LogP contribution in [0.2, 0.25) is 5.02 Å². The highest BCUT2D eigenvalue weighted by Crippen LogP contribution is 2.34. The van der Waals surface area contributed by atoms with Gasteiger partial charge in [-0.2, -0.15) is 0 Å². The van der Waals surface area contributed by atoms with Crippen LogP contribution in [0.5, 0.6) is 0 Å². The van der Waals surface area contributed by atoms with Crippen LogP contribution >= 0.6 is 27.5 Å². The van der Waals surface area contributed by atoms with Gasteiger partial charge in [0.2, 0.25) is 0 Å². The Labute approximate surface area is 98.2 Å². The van der Waals surface area contributed by atoms with Crippen LogP contribution < -0.4 is 4.90 Å². The smallest absolute Gasteiger partial charge is 0.0525 e. The molecule has 1 nitrogen and oxygen atoms in total. The fourth-order valence-corrected chi connectivity index (χ4v) is 2.42. The first-order valence-electron chi connectivity index (χ1n) is 4.90. The normalized spacial score (nSPS) is 16.9. The van der Waals surface area contributed by atoms with Crippen molar-refractivity contribution >= 4 is 33.2 Å². The predicted octanol–water partition coefficient (Wildman–Crippen LogP) is 3.95. The van der Waals surface area contributed by atoms with Crippen LogP contribution in [-0.2, 0) is 0 Å². The van der Waals surface area contributed by atoms with Crippen LogP contribution in [0.15, 0.2) is 22.7 Å². The Morgan fingerprint density at radius 2 is 2.21 bits per heavy atom. The van der Waals surface area contributed by atoms with Crippen molar-refractivity contribution in [3.8, 4) is 0 Å². The van der Waals surface area contributed by atoms with Gasteiger partial charge in [0.05, 0.1) is 5.69 Å². The van der Waals surface area contributed by atoms with E-state index in [0.29, 0.717) is 0 Å². The molecule has 1 aliphatic rings. The molecule has 0 radical (unpaired) electrons. The molecule has 14 heavy (non-hydrogen) atoms. The summed E-state index contributed by atoms with van der Waals surface area (Å²) in [5.74, 6) is 0.862. The highest BCUT2D eigenvalue weighted by Gasteiger charge is 2.26. The summed E-state index contributed by atoms with van der Waals surface area (Å²) in [5, 5.41) is 0.808. The molecule has 0 atom stereocenters. The third-order valence-corrected chi connectivity index (χ3v) is 3.69. The zero-order valence-electron chi connectivity index (χ0n) is 8.13. The minimum atomic E-state index is 0.808. The van der Waals surface area contributed by atoms with Crippen molar-refractivity contribution < 1.29 is 0 Å². The Morgan fingerprint density at radius 1 is 1.50 bits per heavy atom. The average molecular weight is 275 g/mol. The molecule has 0 aliphatic carbocycles. The van der Waals surface area contributed by atoms with Gasteiger partial charge in [0.25, 0.3) is 0 Å². The van der Waals surface area contributed by atoms with E-state index < -0.39 is 0 Å². The second kappa shape index (κ2) is 4.11. The summed E-state index contributed by atoms with van der Waals surface area (Å²) in [4.78, 5) is 2.37. The van der Waals surface area contributed by atoms with Crippen LogP contribution in [0.4, 0.5) is 5.69 Å². The van der Waals surface area contributed by atoms with Gasteiger partial charge in [-0.15, -0.1) is 0 Å². The molecule has 0 unspecified atom stereocenters. The molecular weight excluding hydrogens is 261 g/mol. The molecule has 1 saturated heterocycles. The lowest BCUT2D eigenvalue weighted by Crippen LogP contribution is -2.46. The average Bonchev–Trinajstić information content (AvgIpc) is 2.09. The number of rotatable bonds is 2. The number of nitrogens with zero attached hydrogens (tertiary/aromatic N) is 1. The van der Waals surface area contributed by atoms with Crippen LogP contribution in [0.3, 0.4) is 0 Å². The third-order valence-electron chi connectivity index (χ3n) is 2.78. The van der Waals surface area contributed by atoms with Gasteiger partial charge < -0.3 is 4.90 Å². The van der Waals surface area contributed by atoms with Crippen LogP contribution in [0.25, 0.3) is 0 Å². The zero-order valence-corrected chi connectivity index (χ0v) is 10.5. The van der Waals surface area contributed by atoms with E-state index in [1.807, 2.05) is 18.2 Å². The number of hydrogen-bond acceptors (Lipinski definition) is 1. The Hall–Kier alpha value is -0.210. The van der Waals surface area contributed by atoms with E-state index in [2.05, 4.69) is 27.8 Å². The summed E-state index contributed by atoms with van der Waals surface area (Å²) in [6.45, 7) is 4.57. The van der Waals surface area contributed by atoms with E-state index >= 15 is 0 Å². The van der Waals surface area contributed by atoms with Gasteiger partial charge in [-0.1, -0.05) is 18.5 Å². The van der Waals surface area contributed by atoms with Crippen LogP contribution in [-0.4, -0.2) is 13.1 Å². The Bertz CT molecular complexity index is 334. The molecular formula is C11H13BrClN. The van der Waals surface area contributed by atoms with Gasteiger partial charge in [0.15, 0.2) is 0 Å². The molecule has 0 spiro atoms. The summed E-state index contributed by atoms with van der Waals surface area (Å²) >= 11 is 9.51. The lowest BCUT2D eigenvalue weighted by Gasteiger charge is -2.41. The summed E-state index contributed by atoms with van der Waals surface area (Å²) in [6.07, 6.45) is 1.27. The van der Waals surface area contributed by atoms with E-state index in [4.69, 9.17) is 11.6 Å². The summed E-state index contributed by atoms with van der Waals surface area (Å²) in [7, 11) is 0. The summed E-state index contributed by atoms with van der Waals surface area (Å²) in [5.41, 5.74) is 1.22. The van der Waals surface area contributed by atoms with Crippen molar-refractivity contribution in [2.45, 2.75) is 13.3 Å². The summed E-state index contributed by atoms with van der Waals surface area (Å²) < 4.78 is 1.14. The molecule has 2 rings (SSSR count). The molecule has 1 aromatic carbocycles. The van der Waals surface area contributed by atoms with Crippen LogP contribution in [0, 0.1) is 5.92 Å². The SMILES string of the molecule is CCC1CN(c2cc(Cl)ccc2Br)C1. The molecule has 0 bridgehead atoms. The van der Waals surface area contributed by atoms with Crippen molar-refractivity contribution in [3.05, 3.63) is 27.7 Å². The second-order valence-corrected chi connectivity index (χ2v) is 5.07. The Kier molecular flexibility index (Phi) is 3.03. The minimum Gasteiger partial charge on any atom is -0.370 e. The lowest BCUT2D eigenvalue weighted by molar-refractivity contribution is 0.398. The van der Waals surface area contributed by atoms with Gasteiger partial charge in [-0.25, -0.2) is 0 Å². The quantitative estimate of drug-likeness (QED) is 0.789. The number of anilines is 1. The number of halogens is 2. The minimum absolute atomic E-state index is 0.808. The van der Waals surface area contributed by atoms with Crippen molar-refractivity contribution in [2.24, 2.45) is 5.92 Å². The van der Waals surface area contributed by atoms with E-state index in [-0.39, 0.29) is 0 Å². The Morgan fingerprint density at radius 3 is 2.86 bits per heavy atom. The van der Waals surface area contributed by atoms with E-state index in [9.17, 15) is 0 Å². The molecule has 1 aliphatic heterocycles. The van der Waals surface area contributed by atoms with Gasteiger partial charge in [-0.3, -0.25) is 0 Å². The molecule has 0 saturated carbocycles. The number of hydrogen-bond donors (Lipinski definition) is 0. The van der Waals surface area contributed by atoms with E-state index in [1.165, 1.54) is 12.1 Å². The van der Waals surface area contributed by atoms with Gasteiger partial charge in [0, 0.05) is 22.6 Å². The maximum atomic E-state index is 5.96. The first-order valence-corrected chi connectivity index (χ1v) is 6.07. The number of benzene rings is 1. The van der Waals surface area contributed by atoms with Crippen molar-refractivity contribution in [1.82, 2.24) is 0 Å². The monoisotopic (exact) mass is 273 g/mol. The fourth-order valence-electron chi connectivity index (χ4n) is 1.75. The van der Waals surface area contributed by atoms with E-state index in [0.717, 1.165) is 28.5 Å². The van der Waals surface area contributed by atoms with Gasteiger partial charge in [-0.05, 0) is 46.5 Å². The molecule has 1 fully saturated rings. The largest absolute Gasteiger partial charge is 0.370 e. The maximum Gasteiger partial charge on any atom is 0.0525 e. The zero-order chi connectivity index (χ0) is 10.1. The highest BCUT2D eigenvalue weighted by atomic mass is 79.9. The summed E-state index contributed by atoms with van der Waals surface area (Å²) in [6, 6.07) is 5.95. The maximum absolute atomic E-state index is 5.96. The molecule has 0 amide bonds. The van der Waals surface area contributed by atoms with E-state index in [1.54, 1.807) is 0 Å². The third kappa shape index (κ3) is 1.91. The van der Waals surface area contributed by atoms with Gasteiger partial charge in [0.1, 0.15) is 0 Å². The molecule has 1 aromatic rings. The topological polar surface area (TPSA) is 3.24 Å². The van der Waals surface area contributed by atoms with Gasteiger partial charge >= 0.3 is 0 Å². The van der Waals surface area contributed by atoms with Crippen molar-refractivity contribution in [2.75, 3.05) is 18.0 Å². The molecule has 1 heterocycles. The first-order chi connectivity index (χ1) is 6.70. The van der Waals surface area contributed by atoms with Crippen LogP contribution in [0.1, 0.15) is 13.3 Å². The second-order valence-electron chi connectivity index (χ2n) is 3.77. The lowest BCUT2D eigenvalue weighted by atomic mass is 9.97. The van der Waals surface area contributed by atoms with Crippen molar-refractivity contribution in [3.63, 3.8) is 0 Å². The molecule has 0 aromatic heterocycles. The fraction of sp³-hybridized carbons (Fsp3) is 0.455. The van der Waals surface area contributed by atoms with Crippen molar-refractivity contribution in [1.29, 1.82) is 0 Å². The standard InChI is InChI=1S/C11H13BrClN/c1-2-8-6-14(7-8)11-5-9(13)3-4-10(11)12/h3-5,8H,2,6-7H2,1H3. The first kappa shape index (κ1) is 10.3. The molecule has 0 N–H and O–H groups in total. The predicted molar refractivity (Wildman–Crippen MR) is 65.1 cm³/mol. The molecule has 76 valence electrons. The Balaban J connectivity index is 2.13. The molecule has 3 heteroatoms. The highest BCUT2D eigenvalue weighted by molar-refractivity contribution is 9.10.